The van der Waals surface area contributed by atoms with Crippen molar-refractivity contribution in [1.29, 1.82) is 5.26 Å². The third-order valence-corrected chi connectivity index (χ3v) is 3.34. The molecule has 0 aliphatic rings. The minimum Gasteiger partial charge on any atom is -0.486 e. The molecule has 0 fully saturated rings. The summed E-state index contributed by atoms with van der Waals surface area (Å²) >= 11 is 0. The van der Waals surface area contributed by atoms with E-state index >= 15 is 0 Å². The van der Waals surface area contributed by atoms with Crippen LogP contribution in [0.1, 0.15) is 35.2 Å². The zero-order valence-electron chi connectivity index (χ0n) is 12.1. The van der Waals surface area contributed by atoms with Gasteiger partial charge in [0.1, 0.15) is 6.61 Å². The van der Waals surface area contributed by atoms with E-state index in [4.69, 9.17) is 15.7 Å². The molecular formula is C17H17FN2O. The molecule has 0 bridgehead atoms. The van der Waals surface area contributed by atoms with E-state index in [0.29, 0.717) is 5.56 Å². The summed E-state index contributed by atoms with van der Waals surface area (Å²) in [6.07, 6.45) is 0. The molecule has 2 aromatic rings. The SMILES string of the molecule is Cc1cc(C#N)ccc1COc1ccc([C@@H](C)N)cc1F. The van der Waals surface area contributed by atoms with E-state index in [9.17, 15) is 4.39 Å². The van der Waals surface area contributed by atoms with Crippen molar-refractivity contribution in [3.63, 3.8) is 0 Å². The van der Waals surface area contributed by atoms with Gasteiger partial charge in [-0.3, -0.25) is 0 Å². The molecule has 2 aromatic carbocycles. The predicted octanol–water partition coefficient (Wildman–Crippen LogP) is 3.60. The van der Waals surface area contributed by atoms with Crippen LogP contribution in [0.25, 0.3) is 0 Å². The Morgan fingerprint density at radius 1 is 1.29 bits per heavy atom. The van der Waals surface area contributed by atoms with E-state index in [1.807, 2.05) is 13.0 Å². The first-order chi connectivity index (χ1) is 10.0. The molecule has 0 aliphatic carbocycles. The monoisotopic (exact) mass is 284 g/mol. The van der Waals surface area contributed by atoms with Crippen molar-refractivity contribution in [2.24, 2.45) is 5.73 Å². The molecule has 1 atom stereocenters. The van der Waals surface area contributed by atoms with Crippen LogP contribution in [0, 0.1) is 24.1 Å². The van der Waals surface area contributed by atoms with E-state index in [-0.39, 0.29) is 18.4 Å². The molecule has 0 saturated carbocycles. The minimum atomic E-state index is -0.420. The van der Waals surface area contributed by atoms with E-state index in [1.165, 1.54) is 6.07 Å². The van der Waals surface area contributed by atoms with Gasteiger partial charge < -0.3 is 10.5 Å². The third kappa shape index (κ3) is 3.59. The van der Waals surface area contributed by atoms with Crippen molar-refractivity contribution >= 4 is 0 Å². The van der Waals surface area contributed by atoms with Crippen LogP contribution in [0.15, 0.2) is 36.4 Å². The van der Waals surface area contributed by atoms with Gasteiger partial charge >= 0.3 is 0 Å². The second-order valence-electron chi connectivity index (χ2n) is 5.02. The van der Waals surface area contributed by atoms with Gasteiger partial charge in [0.05, 0.1) is 11.6 Å². The largest absolute Gasteiger partial charge is 0.486 e. The Bertz CT molecular complexity index is 690. The van der Waals surface area contributed by atoms with Gasteiger partial charge in [0.25, 0.3) is 0 Å². The highest BCUT2D eigenvalue weighted by Crippen LogP contribution is 2.22. The van der Waals surface area contributed by atoms with Gasteiger partial charge in [0.2, 0.25) is 0 Å². The molecule has 21 heavy (non-hydrogen) atoms. The first-order valence-electron chi connectivity index (χ1n) is 6.68. The Hall–Kier alpha value is -2.38. The van der Waals surface area contributed by atoms with Crippen LogP contribution in [0.3, 0.4) is 0 Å². The van der Waals surface area contributed by atoms with Crippen LogP contribution >= 0.6 is 0 Å². The van der Waals surface area contributed by atoms with Crippen LogP contribution < -0.4 is 10.5 Å². The summed E-state index contributed by atoms with van der Waals surface area (Å²) in [5, 5.41) is 8.83. The maximum Gasteiger partial charge on any atom is 0.165 e. The Morgan fingerprint density at radius 2 is 2.05 bits per heavy atom. The Labute approximate surface area is 123 Å². The fourth-order valence-electron chi connectivity index (χ4n) is 2.00. The number of nitrogens with two attached hydrogens (primary N) is 1. The average Bonchev–Trinajstić information content (AvgIpc) is 2.46. The number of hydrogen-bond acceptors (Lipinski definition) is 3. The minimum absolute atomic E-state index is 0.197. The van der Waals surface area contributed by atoms with Gasteiger partial charge in [-0.05, 0) is 54.8 Å². The van der Waals surface area contributed by atoms with Gasteiger partial charge in [-0.1, -0.05) is 12.1 Å². The molecule has 0 spiro atoms. The predicted molar refractivity (Wildman–Crippen MR) is 79.2 cm³/mol. The van der Waals surface area contributed by atoms with Crippen LogP contribution in [0.5, 0.6) is 5.75 Å². The van der Waals surface area contributed by atoms with E-state index < -0.39 is 5.82 Å². The summed E-state index contributed by atoms with van der Waals surface area (Å²) in [5.74, 6) is -0.223. The lowest BCUT2D eigenvalue weighted by molar-refractivity contribution is 0.289. The molecule has 0 heterocycles. The van der Waals surface area contributed by atoms with Gasteiger partial charge in [-0.2, -0.15) is 5.26 Å². The Balaban J connectivity index is 2.12. The van der Waals surface area contributed by atoms with Crippen LogP contribution in [-0.4, -0.2) is 0 Å². The number of halogens is 1. The van der Waals surface area contributed by atoms with E-state index in [0.717, 1.165) is 16.7 Å². The van der Waals surface area contributed by atoms with Crippen molar-refractivity contribution < 1.29 is 9.13 Å². The molecule has 0 saturated heterocycles. The number of nitriles is 1. The first-order valence-corrected chi connectivity index (χ1v) is 6.68. The number of aryl methyl sites for hydroxylation is 1. The lowest BCUT2D eigenvalue weighted by Crippen LogP contribution is -2.06. The second-order valence-corrected chi connectivity index (χ2v) is 5.02. The van der Waals surface area contributed by atoms with Crippen LogP contribution in [0.4, 0.5) is 4.39 Å². The Kier molecular flexibility index (Phi) is 4.56. The van der Waals surface area contributed by atoms with Crippen LogP contribution in [-0.2, 0) is 6.61 Å². The second kappa shape index (κ2) is 6.38. The highest BCUT2D eigenvalue weighted by Gasteiger charge is 2.08. The molecule has 0 unspecified atom stereocenters. The third-order valence-electron chi connectivity index (χ3n) is 3.34. The zero-order chi connectivity index (χ0) is 15.4. The highest BCUT2D eigenvalue weighted by molar-refractivity contribution is 5.37. The van der Waals surface area contributed by atoms with Gasteiger partial charge in [0, 0.05) is 6.04 Å². The van der Waals surface area contributed by atoms with Gasteiger partial charge in [-0.25, -0.2) is 4.39 Å². The summed E-state index contributed by atoms with van der Waals surface area (Å²) in [6, 6.07) is 11.9. The smallest absolute Gasteiger partial charge is 0.165 e. The summed E-state index contributed by atoms with van der Waals surface area (Å²) in [4.78, 5) is 0. The molecule has 4 heteroatoms. The molecule has 0 radical (unpaired) electrons. The van der Waals surface area contributed by atoms with Gasteiger partial charge in [-0.15, -0.1) is 0 Å². The van der Waals surface area contributed by atoms with E-state index in [1.54, 1.807) is 31.2 Å². The van der Waals surface area contributed by atoms with Crippen molar-refractivity contribution in [2.45, 2.75) is 26.5 Å². The molecule has 2 rings (SSSR count). The number of ether oxygens (including phenoxy) is 1. The lowest BCUT2D eigenvalue weighted by Gasteiger charge is -2.12. The molecule has 108 valence electrons. The fourth-order valence-corrected chi connectivity index (χ4v) is 2.00. The van der Waals surface area contributed by atoms with Crippen molar-refractivity contribution in [1.82, 2.24) is 0 Å². The summed E-state index contributed by atoms with van der Waals surface area (Å²) in [6.45, 7) is 3.95. The normalized spacial score (nSPS) is 11.8. The number of nitrogens with zero attached hydrogens (tertiary/aromatic N) is 1. The topological polar surface area (TPSA) is 59.0 Å². The summed E-state index contributed by atoms with van der Waals surface area (Å²) < 4.78 is 19.4. The number of rotatable bonds is 4. The maximum atomic E-state index is 13.9. The zero-order valence-corrected chi connectivity index (χ0v) is 12.1. The standard InChI is InChI=1S/C17H17FN2O/c1-11-7-13(9-19)3-4-15(11)10-21-17-6-5-14(12(2)20)8-16(17)18/h3-8,12H,10,20H2,1-2H3/t12-/m1/s1. The molecule has 0 amide bonds. The highest BCUT2D eigenvalue weighted by atomic mass is 19.1. The van der Waals surface area contributed by atoms with E-state index in [2.05, 4.69) is 6.07 Å². The summed E-state index contributed by atoms with van der Waals surface area (Å²) in [5.41, 5.74) is 8.91. The molecular weight excluding hydrogens is 267 g/mol. The maximum absolute atomic E-state index is 13.9. The molecule has 2 N–H and O–H groups in total. The quantitative estimate of drug-likeness (QED) is 0.933. The number of benzene rings is 2. The van der Waals surface area contributed by atoms with Crippen molar-refractivity contribution in [3.8, 4) is 11.8 Å². The van der Waals surface area contributed by atoms with Crippen molar-refractivity contribution in [2.75, 3.05) is 0 Å². The molecule has 0 aliphatic heterocycles. The van der Waals surface area contributed by atoms with Crippen molar-refractivity contribution in [3.05, 3.63) is 64.5 Å². The van der Waals surface area contributed by atoms with Gasteiger partial charge in [0.15, 0.2) is 11.6 Å². The number of hydrogen-bond donors (Lipinski definition) is 1. The fraction of sp³-hybridized carbons (Fsp3) is 0.235. The summed E-state index contributed by atoms with van der Waals surface area (Å²) in [7, 11) is 0. The molecule has 0 aromatic heterocycles. The average molecular weight is 284 g/mol. The van der Waals surface area contributed by atoms with Crippen LogP contribution in [0.2, 0.25) is 0 Å². The first kappa shape index (κ1) is 15.0. The molecule has 3 nitrogen and oxygen atoms in total. The Morgan fingerprint density at radius 3 is 2.62 bits per heavy atom. The lowest BCUT2D eigenvalue weighted by atomic mass is 10.1.